The Morgan fingerprint density at radius 3 is 2.32 bits per heavy atom. The van der Waals surface area contributed by atoms with Crippen LogP contribution in [0.15, 0.2) is 84.9 Å². The van der Waals surface area contributed by atoms with Crippen LogP contribution >= 0.6 is 11.6 Å². The Morgan fingerprint density at radius 2 is 1.61 bits per heavy atom. The van der Waals surface area contributed by atoms with Gasteiger partial charge in [-0.3, -0.25) is 0 Å². The topological polar surface area (TPSA) is 12.0 Å². The number of halogens is 4. The summed E-state index contributed by atoms with van der Waals surface area (Å²) in [6.45, 7) is 0.502. The van der Waals surface area contributed by atoms with Gasteiger partial charge in [-0.25, -0.2) is 0 Å². The van der Waals surface area contributed by atoms with Crippen molar-refractivity contribution >= 4 is 22.9 Å². The van der Waals surface area contributed by atoms with Crippen LogP contribution in [0, 0.1) is 0 Å². The SMILES string of the molecule is FC(F)(F)c1cccc(NCC/C=C(\c2ccccc2)c2ccccc2Cl)c1. The Hall–Kier alpha value is -2.72. The largest absolute Gasteiger partial charge is 0.416 e. The molecule has 0 aliphatic rings. The van der Waals surface area contributed by atoms with E-state index >= 15 is 0 Å². The summed E-state index contributed by atoms with van der Waals surface area (Å²) in [4.78, 5) is 0. The smallest absolute Gasteiger partial charge is 0.385 e. The van der Waals surface area contributed by atoms with Crippen molar-refractivity contribution in [2.75, 3.05) is 11.9 Å². The number of hydrogen-bond donors (Lipinski definition) is 1. The van der Waals surface area contributed by atoms with Crippen LogP contribution in [-0.2, 0) is 6.18 Å². The van der Waals surface area contributed by atoms with Gasteiger partial charge in [0.15, 0.2) is 0 Å². The molecule has 1 N–H and O–H groups in total. The van der Waals surface area contributed by atoms with Crippen LogP contribution < -0.4 is 5.32 Å². The molecular formula is C23H19ClF3N. The molecule has 0 aliphatic heterocycles. The third-order valence-corrected chi connectivity index (χ3v) is 4.59. The lowest BCUT2D eigenvalue weighted by Gasteiger charge is -2.12. The maximum atomic E-state index is 12.8. The summed E-state index contributed by atoms with van der Waals surface area (Å²) in [7, 11) is 0. The Bertz CT molecular complexity index is 949. The zero-order valence-electron chi connectivity index (χ0n) is 15.0. The van der Waals surface area contributed by atoms with E-state index in [-0.39, 0.29) is 0 Å². The minimum absolute atomic E-state index is 0.447. The van der Waals surface area contributed by atoms with Crippen LogP contribution in [0.1, 0.15) is 23.1 Å². The van der Waals surface area contributed by atoms with Crippen LogP contribution in [0.4, 0.5) is 18.9 Å². The first-order chi connectivity index (χ1) is 13.4. The Kier molecular flexibility index (Phi) is 6.42. The van der Waals surface area contributed by atoms with Gasteiger partial charge in [0.2, 0.25) is 0 Å². The predicted molar refractivity (Wildman–Crippen MR) is 110 cm³/mol. The van der Waals surface area contributed by atoms with Gasteiger partial charge in [0.25, 0.3) is 0 Å². The van der Waals surface area contributed by atoms with Crippen molar-refractivity contribution < 1.29 is 13.2 Å². The fourth-order valence-electron chi connectivity index (χ4n) is 2.92. The number of anilines is 1. The molecule has 3 aromatic rings. The molecule has 0 spiro atoms. The summed E-state index contributed by atoms with van der Waals surface area (Å²) in [6, 6.07) is 22.7. The van der Waals surface area contributed by atoms with E-state index in [9.17, 15) is 13.2 Å². The number of rotatable bonds is 6. The average Bonchev–Trinajstić information content (AvgIpc) is 2.69. The van der Waals surface area contributed by atoms with Gasteiger partial charge in [-0.1, -0.05) is 72.3 Å². The van der Waals surface area contributed by atoms with Crippen molar-refractivity contribution in [1.82, 2.24) is 0 Å². The monoisotopic (exact) mass is 401 g/mol. The van der Waals surface area contributed by atoms with Gasteiger partial charge < -0.3 is 5.32 Å². The molecule has 3 aromatic carbocycles. The lowest BCUT2D eigenvalue weighted by atomic mass is 9.97. The number of hydrogen-bond acceptors (Lipinski definition) is 1. The highest BCUT2D eigenvalue weighted by molar-refractivity contribution is 6.32. The Labute approximate surface area is 167 Å². The van der Waals surface area contributed by atoms with Crippen molar-refractivity contribution in [3.63, 3.8) is 0 Å². The summed E-state index contributed by atoms with van der Waals surface area (Å²) < 4.78 is 38.5. The van der Waals surface area contributed by atoms with E-state index < -0.39 is 11.7 Å². The number of benzene rings is 3. The van der Waals surface area contributed by atoms with Crippen molar-refractivity contribution in [3.8, 4) is 0 Å². The number of nitrogens with one attached hydrogen (secondary N) is 1. The normalized spacial score (nSPS) is 12.1. The standard InChI is InChI=1S/C23H19ClF3N/c24-22-14-5-4-12-21(22)20(17-8-2-1-3-9-17)13-7-15-28-19-11-6-10-18(16-19)23(25,26)27/h1-6,8-14,16,28H,7,15H2/b20-13+. The quantitative estimate of drug-likeness (QED) is 0.427. The van der Waals surface area contributed by atoms with E-state index in [0.29, 0.717) is 23.7 Å². The third kappa shape index (κ3) is 5.17. The molecule has 0 amide bonds. The zero-order chi connectivity index (χ0) is 20.0. The lowest BCUT2D eigenvalue weighted by molar-refractivity contribution is -0.137. The average molecular weight is 402 g/mol. The molecular weight excluding hydrogens is 383 g/mol. The number of alkyl halides is 3. The van der Waals surface area contributed by atoms with Crippen LogP contribution in [0.2, 0.25) is 5.02 Å². The van der Waals surface area contributed by atoms with Gasteiger partial charge >= 0.3 is 6.18 Å². The first-order valence-corrected chi connectivity index (χ1v) is 9.24. The molecule has 0 saturated carbocycles. The minimum atomic E-state index is -4.35. The molecule has 3 rings (SSSR count). The van der Waals surface area contributed by atoms with Gasteiger partial charge in [0, 0.05) is 22.8 Å². The highest BCUT2D eigenvalue weighted by Crippen LogP contribution is 2.31. The summed E-state index contributed by atoms with van der Waals surface area (Å²) in [5, 5.41) is 3.71. The highest BCUT2D eigenvalue weighted by Gasteiger charge is 2.30. The predicted octanol–water partition coefficient (Wildman–Crippen LogP) is 7.29. The minimum Gasteiger partial charge on any atom is -0.385 e. The van der Waals surface area contributed by atoms with Gasteiger partial charge in [0.1, 0.15) is 0 Å². The second kappa shape index (κ2) is 8.98. The van der Waals surface area contributed by atoms with Crippen LogP contribution in [0.25, 0.3) is 5.57 Å². The third-order valence-electron chi connectivity index (χ3n) is 4.26. The van der Waals surface area contributed by atoms with E-state index in [4.69, 9.17) is 11.6 Å². The summed E-state index contributed by atoms with van der Waals surface area (Å²) >= 11 is 6.37. The molecule has 144 valence electrons. The van der Waals surface area contributed by atoms with E-state index in [2.05, 4.69) is 11.4 Å². The fraction of sp³-hybridized carbons (Fsp3) is 0.130. The molecule has 1 nitrogen and oxygen atoms in total. The molecule has 0 bridgehead atoms. The molecule has 0 unspecified atom stereocenters. The van der Waals surface area contributed by atoms with Crippen molar-refractivity contribution in [1.29, 1.82) is 0 Å². The highest BCUT2D eigenvalue weighted by atomic mass is 35.5. The second-order valence-electron chi connectivity index (χ2n) is 6.26. The molecule has 28 heavy (non-hydrogen) atoms. The van der Waals surface area contributed by atoms with E-state index in [1.54, 1.807) is 6.07 Å². The van der Waals surface area contributed by atoms with Crippen molar-refractivity contribution in [2.24, 2.45) is 0 Å². The summed E-state index contributed by atoms with van der Waals surface area (Å²) in [5.41, 5.74) is 2.75. The van der Waals surface area contributed by atoms with E-state index in [1.165, 1.54) is 6.07 Å². The second-order valence-corrected chi connectivity index (χ2v) is 6.66. The molecule has 0 radical (unpaired) electrons. The molecule has 5 heteroatoms. The van der Waals surface area contributed by atoms with Crippen molar-refractivity contribution in [2.45, 2.75) is 12.6 Å². The molecule has 0 aliphatic carbocycles. The Morgan fingerprint density at radius 1 is 0.893 bits per heavy atom. The first kappa shape index (κ1) is 20.0. The maximum Gasteiger partial charge on any atom is 0.416 e. The van der Waals surface area contributed by atoms with E-state index in [1.807, 2.05) is 54.6 Å². The molecule has 0 heterocycles. The van der Waals surface area contributed by atoms with Crippen LogP contribution in [-0.4, -0.2) is 6.54 Å². The molecule has 0 atom stereocenters. The molecule has 0 saturated heterocycles. The lowest BCUT2D eigenvalue weighted by Crippen LogP contribution is -2.07. The zero-order valence-corrected chi connectivity index (χ0v) is 15.8. The molecule has 0 aromatic heterocycles. The summed E-state index contributed by atoms with van der Waals surface area (Å²) in [6.07, 6.45) is -1.66. The summed E-state index contributed by atoms with van der Waals surface area (Å²) in [5.74, 6) is 0. The van der Waals surface area contributed by atoms with Gasteiger partial charge in [-0.05, 0) is 41.8 Å². The fourth-order valence-corrected chi connectivity index (χ4v) is 3.16. The van der Waals surface area contributed by atoms with Gasteiger partial charge in [-0.15, -0.1) is 0 Å². The van der Waals surface area contributed by atoms with Gasteiger partial charge in [0.05, 0.1) is 5.56 Å². The van der Waals surface area contributed by atoms with Crippen molar-refractivity contribution in [3.05, 3.63) is 107 Å². The van der Waals surface area contributed by atoms with E-state index in [0.717, 1.165) is 28.8 Å². The van der Waals surface area contributed by atoms with Gasteiger partial charge in [-0.2, -0.15) is 13.2 Å². The Balaban J connectivity index is 1.75. The first-order valence-electron chi connectivity index (χ1n) is 8.87. The van der Waals surface area contributed by atoms with Crippen LogP contribution in [0.3, 0.4) is 0 Å². The maximum absolute atomic E-state index is 12.8. The van der Waals surface area contributed by atoms with Crippen LogP contribution in [0.5, 0.6) is 0 Å². The molecule has 0 fully saturated rings.